The summed E-state index contributed by atoms with van der Waals surface area (Å²) in [5.41, 5.74) is 5.40. The van der Waals surface area contributed by atoms with E-state index >= 15 is 0 Å². The van der Waals surface area contributed by atoms with Crippen molar-refractivity contribution >= 4 is 80.4 Å². The molecule has 52 heavy (non-hydrogen) atoms. The molecule has 0 N–H and O–H groups in total. The molecule has 0 fully saturated rings. The minimum Gasteiger partial charge on any atom is -0.217 e. The Morgan fingerprint density at radius 1 is 0.288 bits per heavy atom. The predicted molar refractivity (Wildman–Crippen MR) is 210 cm³/mol. The first-order valence-electron chi connectivity index (χ1n) is 17.4. The second-order valence-corrected chi connectivity index (χ2v) is 13.6. The van der Waals surface area contributed by atoms with E-state index in [-0.39, 0.29) is 11.8 Å². The molecular formula is C44H24N8. The van der Waals surface area contributed by atoms with Crippen LogP contribution in [0.2, 0.25) is 0 Å². The zero-order chi connectivity index (χ0) is 33.9. The molecule has 0 spiro atoms. The average Bonchev–Trinajstić information content (AvgIpc) is 3.91. The number of hydrogen-bond donors (Lipinski definition) is 0. The first-order valence-corrected chi connectivity index (χ1v) is 17.4. The molecule has 2 unspecified atom stereocenters. The molecule has 1 aliphatic carbocycles. The van der Waals surface area contributed by atoms with Crippen LogP contribution in [0.3, 0.4) is 0 Å². The first-order chi connectivity index (χ1) is 25.7. The summed E-state index contributed by atoms with van der Waals surface area (Å²) in [7, 11) is 0. The van der Waals surface area contributed by atoms with Gasteiger partial charge in [0, 0.05) is 33.4 Å². The van der Waals surface area contributed by atoms with Crippen LogP contribution < -0.4 is 10.4 Å². The molecule has 8 bridgehead atoms. The van der Waals surface area contributed by atoms with Gasteiger partial charge in [-0.15, -0.1) is 0 Å². The summed E-state index contributed by atoms with van der Waals surface area (Å²) >= 11 is 0. The van der Waals surface area contributed by atoms with Crippen LogP contribution in [0.15, 0.2) is 161 Å². The summed E-state index contributed by atoms with van der Waals surface area (Å²) in [4.78, 5) is 40.7. The van der Waals surface area contributed by atoms with Crippen molar-refractivity contribution in [1.82, 2.24) is 0 Å². The van der Waals surface area contributed by atoms with E-state index in [4.69, 9.17) is 39.9 Å². The maximum absolute atomic E-state index is 5.22. The SMILES string of the molecule is C1=c2cc3cc4ccccc4cc3cc2=CC2C3=NC(=NC4=NC(=NC5=NC(=NC6=NC(=N3)c3ccccc36)c3ccccc35)c3ccccc34)C12. The number of fused-ring (bicyclic) bond motifs is 19. The molecular weight excluding hydrogens is 641 g/mol. The Hall–Kier alpha value is -7.06. The molecule has 0 radical (unpaired) electrons. The van der Waals surface area contributed by atoms with E-state index in [0.717, 1.165) is 43.8 Å². The van der Waals surface area contributed by atoms with Crippen LogP contribution in [0, 0.1) is 11.8 Å². The van der Waals surface area contributed by atoms with Crippen molar-refractivity contribution in [2.24, 2.45) is 51.8 Å². The molecule has 6 aromatic rings. The molecule has 0 amide bonds. The fourth-order valence-electron chi connectivity index (χ4n) is 8.06. The lowest BCUT2D eigenvalue weighted by molar-refractivity contribution is 0.830. The third-order valence-electron chi connectivity index (χ3n) is 10.6. The molecule has 2 atom stereocenters. The van der Waals surface area contributed by atoms with Crippen LogP contribution in [0.4, 0.5) is 0 Å². The molecule has 5 heterocycles. The number of hydrogen-bond acceptors (Lipinski definition) is 8. The third-order valence-corrected chi connectivity index (χ3v) is 10.6. The Morgan fingerprint density at radius 3 is 1.02 bits per heavy atom. The highest BCUT2D eigenvalue weighted by Gasteiger charge is 2.38. The fraction of sp³-hybridized carbons (Fsp3) is 0.0455. The quantitative estimate of drug-likeness (QED) is 0.172. The van der Waals surface area contributed by atoms with Gasteiger partial charge in [-0.1, -0.05) is 109 Å². The Kier molecular flexibility index (Phi) is 5.46. The van der Waals surface area contributed by atoms with Crippen molar-refractivity contribution in [3.05, 3.63) is 165 Å². The van der Waals surface area contributed by atoms with Gasteiger partial charge in [-0.25, -0.2) is 39.9 Å². The lowest BCUT2D eigenvalue weighted by atomic mass is 9.86. The van der Waals surface area contributed by atoms with Crippen LogP contribution in [-0.4, -0.2) is 46.7 Å². The van der Waals surface area contributed by atoms with E-state index < -0.39 is 0 Å². The summed E-state index contributed by atoms with van der Waals surface area (Å²) in [6.45, 7) is 0. The van der Waals surface area contributed by atoms with E-state index in [1.54, 1.807) is 0 Å². The number of nitrogens with zero attached hydrogens (tertiary/aromatic N) is 8. The number of rotatable bonds is 0. The largest absolute Gasteiger partial charge is 0.217 e. The number of aliphatic imine (C=N–C) groups is 8. The molecule has 6 aromatic carbocycles. The summed E-state index contributed by atoms with van der Waals surface area (Å²) in [5, 5.41) is 7.14. The molecule has 0 saturated carbocycles. The number of benzene rings is 6. The minimum atomic E-state index is -0.149. The van der Waals surface area contributed by atoms with Gasteiger partial charge in [0.25, 0.3) is 0 Å². The van der Waals surface area contributed by atoms with Crippen molar-refractivity contribution in [3.63, 3.8) is 0 Å². The highest BCUT2D eigenvalue weighted by atomic mass is 15.1. The van der Waals surface area contributed by atoms with E-state index in [1.807, 2.05) is 72.8 Å². The lowest BCUT2D eigenvalue weighted by Crippen LogP contribution is -2.35. The smallest absolute Gasteiger partial charge is 0.164 e. The van der Waals surface area contributed by atoms with Crippen LogP contribution in [0.25, 0.3) is 33.7 Å². The average molecular weight is 665 g/mol. The predicted octanol–water partition coefficient (Wildman–Crippen LogP) is 6.25. The van der Waals surface area contributed by atoms with Crippen molar-refractivity contribution in [1.29, 1.82) is 0 Å². The Labute approximate surface area is 296 Å². The van der Waals surface area contributed by atoms with Crippen LogP contribution in [0.5, 0.6) is 0 Å². The highest BCUT2D eigenvalue weighted by molar-refractivity contribution is 6.34. The third kappa shape index (κ3) is 4.03. The maximum atomic E-state index is 5.22. The summed E-state index contributed by atoms with van der Waals surface area (Å²) in [6.07, 6.45) is 4.59. The van der Waals surface area contributed by atoms with Gasteiger partial charge in [0.2, 0.25) is 0 Å². The standard InChI is InChI=1S/C44H24N8/c1-2-10-24-18-26-20-28-22-36-35(21-27(28)19-25(26)17-23(24)9-1)43-50-41-33-15-7-5-13-31(33)39(48-41)46-37-29-11-3-4-12-30(29)38(45-37)47-40-32-14-6-8-16-34(32)42(49-40)51-44(36)52-43/h1-22,35-36H. The van der Waals surface area contributed by atoms with Crippen molar-refractivity contribution < 1.29 is 0 Å². The van der Waals surface area contributed by atoms with Gasteiger partial charge in [-0.3, -0.25) is 0 Å². The van der Waals surface area contributed by atoms with E-state index in [9.17, 15) is 0 Å². The zero-order valence-corrected chi connectivity index (χ0v) is 27.4. The molecule has 5 aliphatic heterocycles. The summed E-state index contributed by atoms with van der Waals surface area (Å²) < 4.78 is 0. The second kappa shape index (κ2) is 10.2. The van der Waals surface area contributed by atoms with Crippen LogP contribution in [-0.2, 0) is 0 Å². The fourth-order valence-corrected chi connectivity index (χ4v) is 8.06. The van der Waals surface area contributed by atoms with Crippen LogP contribution in [0.1, 0.15) is 33.4 Å². The number of amidine groups is 8. The molecule has 240 valence electrons. The van der Waals surface area contributed by atoms with Crippen molar-refractivity contribution in [3.8, 4) is 0 Å². The van der Waals surface area contributed by atoms with Gasteiger partial charge < -0.3 is 0 Å². The van der Waals surface area contributed by atoms with Crippen molar-refractivity contribution in [2.75, 3.05) is 0 Å². The van der Waals surface area contributed by atoms with Gasteiger partial charge in [-0.2, -0.15) is 0 Å². The van der Waals surface area contributed by atoms with Gasteiger partial charge in [0.05, 0.1) is 11.8 Å². The minimum absolute atomic E-state index is 0.149. The Bertz CT molecular complexity index is 3080. The topological polar surface area (TPSA) is 98.9 Å². The lowest BCUT2D eigenvalue weighted by Gasteiger charge is -2.17. The molecule has 12 rings (SSSR count). The van der Waals surface area contributed by atoms with Gasteiger partial charge >= 0.3 is 0 Å². The highest BCUT2D eigenvalue weighted by Crippen LogP contribution is 2.33. The maximum Gasteiger partial charge on any atom is 0.164 e. The summed E-state index contributed by atoms with van der Waals surface area (Å²) in [6, 6.07) is 41.8. The molecule has 0 aromatic heterocycles. The van der Waals surface area contributed by atoms with E-state index in [0.29, 0.717) is 46.7 Å². The molecule has 8 nitrogen and oxygen atoms in total. The molecule has 0 saturated heterocycles. The Balaban J connectivity index is 1.12. The van der Waals surface area contributed by atoms with Gasteiger partial charge in [0.15, 0.2) is 35.0 Å². The Morgan fingerprint density at radius 2 is 0.615 bits per heavy atom. The molecule has 8 heteroatoms. The van der Waals surface area contributed by atoms with E-state index in [1.165, 1.54) is 21.5 Å². The summed E-state index contributed by atoms with van der Waals surface area (Å²) in [5.74, 6) is 4.39. The molecule has 6 aliphatic rings. The zero-order valence-electron chi connectivity index (χ0n) is 27.4. The second-order valence-electron chi connectivity index (χ2n) is 13.6. The monoisotopic (exact) mass is 664 g/mol. The van der Waals surface area contributed by atoms with Gasteiger partial charge in [-0.05, 0) is 56.2 Å². The first kappa shape index (κ1) is 27.7. The van der Waals surface area contributed by atoms with E-state index in [2.05, 4.69) is 60.7 Å². The van der Waals surface area contributed by atoms with Crippen LogP contribution >= 0.6 is 0 Å². The van der Waals surface area contributed by atoms with Gasteiger partial charge in [0.1, 0.15) is 11.7 Å². The van der Waals surface area contributed by atoms with Crippen molar-refractivity contribution in [2.45, 2.75) is 0 Å². The normalized spacial score (nSPS) is 20.0.